The fourth-order valence-electron chi connectivity index (χ4n) is 2.94. The second-order valence-electron chi connectivity index (χ2n) is 6.01. The molecule has 2 aromatic heterocycles. The number of rotatable bonds is 4. The van der Waals surface area contributed by atoms with Gasteiger partial charge < -0.3 is 11.1 Å². The van der Waals surface area contributed by atoms with E-state index in [0.29, 0.717) is 18.5 Å². The van der Waals surface area contributed by atoms with Crippen molar-refractivity contribution in [1.82, 2.24) is 20.1 Å². The predicted octanol–water partition coefficient (Wildman–Crippen LogP) is 3.01. The third-order valence-corrected chi connectivity index (χ3v) is 4.19. The Hall–Kier alpha value is -1.64. The van der Waals surface area contributed by atoms with Gasteiger partial charge in [0.25, 0.3) is 0 Å². The SMILES string of the molecule is I.NC(=NCc1ccnc(-n2cccn2)c1)NC1CCCCCC1. The zero-order valence-electron chi connectivity index (χ0n) is 13.8. The van der Waals surface area contributed by atoms with Crippen LogP contribution in [0.3, 0.4) is 0 Å². The minimum absolute atomic E-state index is 0. The van der Waals surface area contributed by atoms with Crippen molar-refractivity contribution < 1.29 is 0 Å². The normalized spacial score (nSPS) is 16.2. The Morgan fingerprint density at radius 1 is 1.25 bits per heavy atom. The zero-order chi connectivity index (χ0) is 15.9. The van der Waals surface area contributed by atoms with Crippen LogP contribution in [0, 0.1) is 0 Å². The standard InChI is InChI=1S/C17H24N6.HI/c18-17(22-15-6-3-1-2-4-7-15)20-13-14-8-10-19-16(12-14)23-11-5-9-21-23;/h5,8-12,15H,1-4,6-7,13H2,(H3,18,20,22);1H. The van der Waals surface area contributed by atoms with E-state index in [2.05, 4.69) is 20.4 Å². The van der Waals surface area contributed by atoms with Gasteiger partial charge in [0.1, 0.15) is 0 Å². The highest BCUT2D eigenvalue weighted by molar-refractivity contribution is 14.0. The Balaban J connectivity index is 0.00000208. The molecule has 1 aliphatic rings. The number of nitrogens with two attached hydrogens (primary N) is 1. The summed E-state index contributed by atoms with van der Waals surface area (Å²) in [6.45, 7) is 0.544. The van der Waals surface area contributed by atoms with Crippen LogP contribution in [0.2, 0.25) is 0 Å². The highest BCUT2D eigenvalue weighted by atomic mass is 127. The number of aliphatic imine (C=N–C) groups is 1. The van der Waals surface area contributed by atoms with Gasteiger partial charge in [0.05, 0.1) is 6.54 Å². The number of hydrogen-bond acceptors (Lipinski definition) is 3. The number of hydrogen-bond donors (Lipinski definition) is 2. The molecular formula is C17H25IN6. The molecule has 0 amide bonds. The van der Waals surface area contributed by atoms with Crippen LogP contribution in [0.25, 0.3) is 5.82 Å². The number of nitrogens with one attached hydrogen (secondary N) is 1. The number of aromatic nitrogens is 3. The molecule has 0 bridgehead atoms. The van der Waals surface area contributed by atoms with Gasteiger partial charge in [-0.3, -0.25) is 0 Å². The van der Waals surface area contributed by atoms with Crippen LogP contribution in [0.15, 0.2) is 41.8 Å². The lowest BCUT2D eigenvalue weighted by molar-refractivity contribution is 0.530. The molecule has 0 spiro atoms. The van der Waals surface area contributed by atoms with Crippen molar-refractivity contribution in [2.45, 2.75) is 51.1 Å². The Morgan fingerprint density at radius 3 is 2.75 bits per heavy atom. The lowest BCUT2D eigenvalue weighted by atomic mass is 10.1. The summed E-state index contributed by atoms with van der Waals surface area (Å²) >= 11 is 0. The second-order valence-corrected chi connectivity index (χ2v) is 6.01. The summed E-state index contributed by atoms with van der Waals surface area (Å²) in [4.78, 5) is 8.79. The number of pyridine rings is 1. The number of guanidine groups is 1. The lowest BCUT2D eigenvalue weighted by Crippen LogP contribution is -2.39. The molecule has 0 unspecified atom stereocenters. The summed E-state index contributed by atoms with van der Waals surface area (Å²) in [6, 6.07) is 6.28. The van der Waals surface area contributed by atoms with Gasteiger partial charge in [-0.25, -0.2) is 14.7 Å². The molecular weight excluding hydrogens is 415 g/mol. The third kappa shape index (κ3) is 5.47. The van der Waals surface area contributed by atoms with Crippen LogP contribution < -0.4 is 11.1 Å². The van der Waals surface area contributed by atoms with E-state index in [0.717, 1.165) is 11.4 Å². The smallest absolute Gasteiger partial charge is 0.189 e. The van der Waals surface area contributed by atoms with Gasteiger partial charge in [-0.15, -0.1) is 24.0 Å². The molecule has 2 heterocycles. The molecule has 3 N–H and O–H groups in total. The van der Waals surface area contributed by atoms with E-state index in [-0.39, 0.29) is 24.0 Å². The summed E-state index contributed by atoms with van der Waals surface area (Å²) in [5.74, 6) is 1.33. The predicted molar refractivity (Wildman–Crippen MR) is 107 cm³/mol. The molecule has 2 aromatic rings. The van der Waals surface area contributed by atoms with Crippen molar-refractivity contribution in [2.24, 2.45) is 10.7 Å². The fraction of sp³-hybridized carbons (Fsp3) is 0.471. The maximum absolute atomic E-state index is 6.04. The average molecular weight is 440 g/mol. The van der Waals surface area contributed by atoms with E-state index in [1.54, 1.807) is 17.1 Å². The third-order valence-electron chi connectivity index (χ3n) is 4.19. The van der Waals surface area contributed by atoms with Gasteiger partial charge in [0, 0.05) is 24.6 Å². The van der Waals surface area contributed by atoms with Crippen LogP contribution >= 0.6 is 24.0 Å². The van der Waals surface area contributed by atoms with Crippen LogP contribution in [-0.2, 0) is 6.54 Å². The van der Waals surface area contributed by atoms with Crippen LogP contribution in [0.5, 0.6) is 0 Å². The van der Waals surface area contributed by atoms with Gasteiger partial charge in [0.2, 0.25) is 0 Å². The van der Waals surface area contributed by atoms with E-state index in [4.69, 9.17) is 5.73 Å². The molecule has 7 heteroatoms. The van der Waals surface area contributed by atoms with Crippen LogP contribution in [0.4, 0.5) is 0 Å². The monoisotopic (exact) mass is 440 g/mol. The largest absolute Gasteiger partial charge is 0.370 e. The first kappa shape index (κ1) is 18.7. The summed E-state index contributed by atoms with van der Waals surface area (Å²) in [5, 5.41) is 7.56. The Kier molecular flexibility index (Phi) is 7.48. The molecule has 130 valence electrons. The molecule has 0 aliphatic heterocycles. The van der Waals surface area contributed by atoms with E-state index >= 15 is 0 Å². The van der Waals surface area contributed by atoms with E-state index in [9.17, 15) is 0 Å². The van der Waals surface area contributed by atoms with Crippen molar-refractivity contribution in [2.75, 3.05) is 0 Å². The van der Waals surface area contributed by atoms with E-state index < -0.39 is 0 Å². The van der Waals surface area contributed by atoms with Crippen molar-refractivity contribution in [3.05, 3.63) is 42.4 Å². The van der Waals surface area contributed by atoms with Gasteiger partial charge >= 0.3 is 0 Å². The average Bonchev–Trinajstić information content (AvgIpc) is 2.99. The van der Waals surface area contributed by atoms with Crippen molar-refractivity contribution >= 4 is 29.9 Å². The summed E-state index contributed by atoms with van der Waals surface area (Å²) in [5.41, 5.74) is 7.11. The van der Waals surface area contributed by atoms with Gasteiger partial charge in [-0.05, 0) is 36.6 Å². The molecule has 0 radical (unpaired) electrons. The Bertz CT molecular complexity index is 632. The van der Waals surface area contributed by atoms with Crippen molar-refractivity contribution in [1.29, 1.82) is 0 Å². The summed E-state index contributed by atoms with van der Waals surface area (Å²) < 4.78 is 1.74. The zero-order valence-corrected chi connectivity index (χ0v) is 16.1. The summed E-state index contributed by atoms with van der Waals surface area (Å²) in [6.07, 6.45) is 13.0. The van der Waals surface area contributed by atoms with Crippen LogP contribution in [-0.4, -0.2) is 26.8 Å². The topological polar surface area (TPSA) is 81.1 Å². The number of nitrogens with zero attached hydrogens (tertiary/aromatic N) is 4. The maximum Gasteiger partial charge on any atom is 0.189 e. The molecule has 24 heavy (non-hydrogen) atoms. The van der Waals surface area contributed by atoms with Crippen LogP contribution in [0.1, 0.15) is 44.1 Å². The fourth-order valence-corrected chi connectivity index (χ4v) is 2.94. The minimum Gasteiger partial charge on any atom is -0.370 e. The first-order valence-corrected chi connectivity index (χ1v) is 8.33. The molecule has 1 aliphatic carbocycles. The van der Waals surface area contributed by atoms with Crippen molar-refractivity contribution in [3.63, 3.8) is 0 Å². The molecule has 6 nitrogen and oxygen atoms in total. The van der Waals surface area contributed by atoms with Gasteiger partial charge in [-0.2, -0.15) is 5.10 Å². The maximum atomic E-state index is 6.04. The molecule has 0 aromatic carbocycles. The lowest BCUT2D eigenvalue weighted by Gasteiger charge is -2.16. The Labute approximate surface area is 160 Å². The molecule has 0 saturated heterocycles. The summed E-state index contributed by atoms with van der Waals surface area (Å²) in [7, 11) is 0. The molecule has 1 saturated carbocycles. The van der Waals surface area contributed by atoms with Gasteiger partial charge in [0.15, 0.2) is 11.8 Å². The van der Waals surface area contributed by atoms with Crippen molar-refractivity contribution in [3.8, 4) is 5.82 Å². The highest BCUT2D eigenvalue weighted by Crippen LogP contribution is 2.17. The first-order chi connectivity index (χ1) is 11.3. The van der Waals surface area contributed by atoms with E-state index in [1.165, 1.54) is 38.5 Å². The Morgan fingerprint density at radius 2 is 2.04 bits per heavy atom. The van der Waals surface area contributed by atoms with Gasteiger partial charge in [-0.1, -0.05) is 25.7 Å². The van der Waals surface area contributed by atoms with E-state index in [1.807, 2.05) is 24.4 Å². The second kappa shape index (κ2) is 9.61. The molecule has 1 fully saturated rings. The molecule has 0 atom stereocenters. The highest BCUT2D eigenvalue weighted by Gasteiger charge is 2.12. The minimum atomic E-state index is 0. The first-order valence-electron chi connectivity index (χ1n) is 8.33. The molecule has 3 rings (SSSR count). The number of halogens is 1. The quantitative estimate of drug-likeness (QED) is 0.332.